The molecule has 2 aromatic rings. The van der Waals surface area contributed by atoms with Crippen LogP contribution in [0.3, 0.4) is 0 Å². The smallest absolute Gasteiger partial charge is 0.416 e. The number of non-ortho nitro benzene ring substituents is 1. The fourth-order valence-corrected chi connectivity index (χ4v) is 4.51. The van der Waals surface area contributed by atoms with E-state index in [0.29, 0.717) is 9.87 Å². The molecule has 0 spiro atoms. The van der Waals surface area contributed by atoms with Crippen LogP contribution in [0.2, 0.25) is 0 Å². The summed E-state index contributed by atoms with van der Waals surface area (Å²) < 4.78 is 66.0. The third-order valence-electron chi connectivity index (χ3n) is 4.91. The number of benzene rings is 2. The summed E-state index contributed by atoms with van der Waals surface area (Å²) in [5, 5.41) is 22.7. The topological polar surface area (TPSA) is 159 Å². The van der Waals surface area contributed by atoms with Crippen LogP contribution in [0.15, 0.2) is 48.5 Å². The molecule has 34 heavy (non-hydrogen) atoms. The highest BCUT2D eigenvalue weighted by atomic mass is 32.2. The van der Waals surface area contributed by atoms with Crippen molar-refractivity contribution in [2.45, 2.75) is 31.3 Å². The number of aliphatic carboxylic acids is 1. The summed E-state index contributed by atoms with van der Waals surface area (Å²) in [7, 11) is -4.47. The van der Waals surface area contributed by atoms with E-state index in [-0.39, 0.29) is 17.7 Å². The Balaban J connectivity index is 1.84. The van der Waals surface area contributed by atoms with Gasteiger partial charge in [-0.3, -0.25) is 25.0 Å². The molecule has 1 fully saturated rings. The molecular weight excluding hydrogens is 485 g/mol. The van der Waals surface area contributed by atoms with Crippen LogP contribution in [0.4, 0.5) is 18.9 Å². The van der Waals surface area contributed by atoms with E-state index in [2.05, 4.69) is 5.32 Å². The van der Waals surface area contributed by atoms with Crippen molar-refractivity contribution in [1.29, 1.82) is 0 Å². The first kappa shape index (κ1) is 25.1. The maximum absolute atomic E-state index is 13.0. The van der Waals surface area contributed by atoms with Gasteiger partial charge in [0.1, 0.15) is 6.04 Å². The lowest BCUT2D eigenvalue weighted by Gasteiger charge is -2.24. The Bertz CT molecular complexity index is 1220. The number of carbonyl (C=O) groups excluding carboxylic acids is 1. The summed E-state index contributed by atoms with van der Waals surface area (Å²) in [5.41, 5.74) is -0.982. The standard InChI is InChI=1S/C19H17F3N4O7S/c20-19(21,22)13-3-1-2-12(8-13)10-25-16(17(27)24-34(25,32)33)23-15(18(28)29)9-11-4-6-14(7-5-11)26(30)31/h1-8,15-16,23H,9-10H2,(H,24,27)(H,28,29)/t15-,16+/m0/s1. The van der Waals surface area contributed by atoms with Crippen LogP contribution in [-0.4, -0.2) is 46.8 Å². The lowest BCUT2D eigenvalue weighted by atomic mass is 10.1. The molecule has 0 radical (unpaired) electrons. The Hall–Kier alpha value is -3.56. The molecule has 0 aromatic heterocycles. The van der Waals surface area contributed by atoms with E-state index in [4.69, 9.17) is 0 Å². The quantitative estimate of drug-likeness (QED) is 0.361. The normalized spacial score (nSPS) is 18.9. The first-order chi connectivity index (χ1) is 15.8. The Kier molecular flexibility index (Phi) is 6.90. The van der Waals surface area contributed by atoms with E-state index < -0.39 is 57.5 Å². The minimum atomic E-state index is -4.68. The lowest BCUT2D eigenvalue weighted by Crippen LogP contribution is -2.53. The Labute approximate surface area is 190 Å². The maximum Gasteiger partial charge on any atom is 0.416 e. The lowest BCUT2D eigenvalue weighted by molar-refractivity contribution is -0.384. The third kappa shape index (κ3) is 5.67. The molecule has 1 aliphatic heterocycles. The van der Waals surface area contributed by atoms with Crippen LogP contribution in [0.1, 0.15) is 16.7 Å². The fraction of sp³-hybridized carbons (Fsp3) is 0.263. The fourth-order valence-electron chi connectivity index (χ4n) is 3.27. The zero-order valence-electron chi connectivity index (χ0n) is 17.0. The minimum absolute atomic E-state index is 0.0797. The molecular formula is C19H17F3N4O7S. The van der Waals surface area contributed by atoms with E-state index in [1.807, 2.05) is 0 Å². The summed E-state index contributed by atoms with van der Waals surface area (Å²) in [6.45, 7) is -0.646. The minimum Gasteiger partial charge on any atom is -0.480 e. The van der Waals surface area contributed by atoms with Gasteiger partial charge >= 0.3 is 22.4 Å². The largest absolute Gasteiger partial charge is 0.480 e. The number of halogens is 3. The number of amides is 1. The van der Waals surface area contributed by atoms with Gasteiger partial charge < -0.3 is 5.11 Å². The molecule has 11 nitrogen and oxygen atoms in total. The van der Waals surface area contributed by atoms with Crippen LogP contribution < -0.4 is 10.0 Å². The maximum atomic E-state index is 13.0. The van der Waals surface area contributed by atoms with Gasteiger partial charge in [-0.1, -0.05) is 30.3 Å². The number of nitro groups is 1. The van der Waals surface area contributed by atoms with Crippen molar-refractivity contribution in [3.63, 3.8) is 0 Å². The molecule has 182 valence electrons. The average molecular weight is 502 g/mol. The highest BCUT2D eigenvalue weighted by molar-refractivity contribution is 7.88. The monoisotopic (exact) mass is 502 g/mol. The number of nitrogens with zero attached hydrogens (tertiary/aromatic N) is 2. The summed E-state index contributed by atoms with van der Waals surface area (Å²) >= 11 is 0. The van der Waals surface area contributed by atoms with Crippen LogP contribution in [0.25, 0.3) is 0 Å². The number of alkyl halides is 3. The molecule has 15 heteroatoms. The molecule has 1 heterocycles. The number of carbonyl (C=O) groups is 2. The molecule has 3 N–H and O–H groups in total. The SMILES string of the molecule is O=C(O)[C@H](Cc1ccc([N+](=O)[O-])cc1)N[C@H]1C(=O)NS(=O)(=O)N1Cc1cccc(C(F)(F)F)c1. The van der Waals surface area contributed by atoms with E-state index in [0.717, 1.165) is 30.3 Å². The highest BCUT2D eigenvalue weighted by Gasteiger charge is 2.45. The van der Waals surface area contributed by atoms with Crippen LogP contribution >= 0.6 is 0 Å². The van der Waals surface area contributed by atoms with Crippen molar-refractivity contribution in [3.8, 4) is 0 Å². The summed E-state index contributed by atoms with van der Waals surface area (Å²) in [4.78, 5) is 34.2. The zero-order valence-corrected chi connectivity index (χ0v) is 17.8. The number of hydrogen-bond donors (Lipinski definition) is 3. The number of carboxylic acid groups (broad SMARTS) is 1. The molecule has 3 rings (SSSR count). The second-order valence-electron chi connectivity index (χ2n) is 7.30. The van der Waals surface area contributed by atoms with Gasteiger partial charge in [0.05, 0.1) is 10.5 Å². The Morgan fingerprint density at radius 2 is 1.85 bits per heavy atom. The van der Waals surface area contributed by atoms with Gasteiger partial charge in [0.15, 0.2) is 6.17 Å². The van der Waals surface area contributed by atoms with E-state index in [9.17, 15) is 46.4 Å². The molecule has 0 saturated carbocycles. The van der Waals surface area contributed by atoms with Gasteiger partial charge in [-0.2, -0.15) is 25.9 Å². The number of rotatable bonds is 8. The molecule has 0 aliphatic carbocycles. The van der Waals surface area contributed by atoms with Crippen molar-refractivity contribution >= 4 is 27.8 Å². The van der Waals surface area contributed by atoms with E-state index in [1.165, 1.54) is 18.2 Å². The number of carboxylic acids is 1. The predicted octanol–water partition coefficient (Wildman–Crippen LogP) is 1.40. The van der Waals surface area contributed by atoms with E-state index >= 15 is 0 Å². The second kappa shape index (κ2) is 9.36. The molecule has 1 amide bonds. The second-order valence-corrected chi connectivity index (χ2v) is 8.93. The molecule has 1 saturated heterocycles. The summed E-state index contributed by atoms with van der Waals surface area (Å²) in [6, 6.07) is 7.25. The van der Waals surface area contributed by atoms with Crippen molar-refractivity contribution < 1.29 is 41.2 Å². The average Bonchev–Trinajstić information content (AvgIpc) is 2.95. The highest BCUT2D eigenvalue weighted by Crippen LogP contribution is 2.30. The third-order valence-corrected chi connectivity index (χ3v) is 6.33. The number of nitrogens with one attached hydrogen (secondary N) is 2. The molecule has 1 aliphatic rings. The first-order valence-corrected chi connectivity index (χ1v) is 10.9. The van der Waals surface area contributed by atoms with Crippen molar-refractivity contribution in [2.75, 3.05) is 0 Å². The number of hydrogen-bond acceptors (Lipinski definition) is 7. The van der Waals surface area contributed by atoms with Gasteiger partial charge in [-0.05, 0) is 23.6 Å². The molecule has 0 bridgehead atoms. The summed E-state index contributed by atoms with van der Waals surface area (Å²) in [6.07, 6.45) is -6.67. The molecule has 2 aromatic carbocycles. The predicted molar refractivity (Wildman–Crippen MR) is 109 cm³/mol. The van der Waals surface area contributed by atoms with Gasteiger partial charge in [0.2, 0.25) is 0 Å². The van der Waals surface area contributed by atoms with Gasteiger partial charge in [-0.15, -0.1) is 0 Å². The Morgan fingerprint density at radius 1 is 1.21 bits per heavy atom. The van der Waals surface area contributed by atoms with Crippen molar-refractivity contribution in [2.24, 2.45) is 0 Å². The first-order valence-electron chi connectivity index (χ1n) is 9.49. The van der Waals surface area contributed by atoms with Crippen molar-refractivity contribution in [1.82, 2.24) is 14.3 Å². The van der Waals surface area contributed by atoms with Crippen molar-refractivity contribution in [3.05, 3.63) is 75.3 Å². The van der Waals surface area contributed by atoms with Crippen LogP contribution in [-0.2, 0) is 38.9 Å². The van der Waals surface area contributed by atoms with Gasteiger partial charge in [-0.25, -0.2) is 4.72 Å². The van der Waals surface area contributed by atoms with Gasteiger partial charge in [0, 0.05) is 18.7 Å². The van der Waals surface area contributed by atoms with Gasteiger partial charge in [0.25, 0.3) is 11.6 Å². The zero-order chi connectivity index (χ0) is 25.3. The van der Waals surface area contributed by atoms with Crippen LogP contribution in [0, 0.1) is 10.1 Å². The summed E-state index contributed by atoms with van der Waals surface area (Å²) in [5.74, 6) is -2.56. The van der Waals surface area contributed by atoms with E-state index in [1.54, 1.807) is 4.72 Å². The number of nitro benzene ring substituents is 1. The molecule has 2 atom stereocenters. The Morgan fingerprint density at radius 3 is 2.41 bits per heavy atom. The molecule has 0 unspecified atom stereocenters. The van der Waals surface area contributed by atoms with Crippen LogP contribution in [0.5, 0.6) is 0 Å².